The summed E-state index contributed by atoms with van der Waals surface area (Å²) in [6.07, 6.45) is 2.60. The van der Waals surface area contributed by atoms with Gasteiger partial charge in [-0.2, -0.15) is 0 Å². The lowest BCUT2D eigenvalue weighted by Gasteiger charge is -2.34. The first-order valence-electron chi connectivity index (χ1n) is 10.6. The summed E-state index contributed by atoms with van der Waals surface area (Å²) in [6, 6.07) is 0. The van der Waals surface area contributed by atoms with Crippen molar-refractivity contribution in [2.24, 2.45) is 4.99 Å². The Morgan fingerprint density at radius 3 is 2.48 bits per heavy atom. The number of rotatable bonds is 7. The van der Waals surface area contributed by atoms with Gasteiger partial charge in [-0.1, -0.05) is 0 Å². The average molecular weight is 568 g/mol. The maximum atomic E-state index is 11.6. The van der Waals surface area contributed by atoms with Gasteiger partial charge in [0.2, 0.25) is 0 Å². The summed E-state index contributed by atoms with van der Waals surface area (Å²) in [7, 11) is 1.83. The highest BCUT2D eigenvalue weighted by atomic mass is 127. The van der Waals surface area contributed by atoms with Crippen LogP contribution in [0.15, 0.2) is 4.99 Å². The van der Waals surface area contributed by atoms with Crippen LogP contribution in [0.4, 0.5) is 4.79 Å². The Morgan fingerprint density at radius 2 is 1.94 bits per heavy atom. The number of aryl methyl sites for hydroxylation is 2. The molecule has 1 aliphatic heterocycles. The Morgan fingerprint density at radius 1 is 1.26 bits per heavy atom. The smallest absolute Gasteiger partial charge is 0.407 e. The van der Waals surface area contributed by atoms with Crippen LogP contribution >= 0.6 is 35.3 Å². The Labute approximate surface area is 207 Å². The minimum atomic E-state index is -0.470. The number of carbonyl (C=O) groups is 1. The molecular weight excluding hydrogens is 529 g/mol. The van der Waals surface area contributed by atoms with Crippen molar-refractivity contribution >= 4 is 47.4 Å². The number of guanidine groups is 1. The third-order valence-electron chi connectivity index (χ3n) is 4.70. The normalized spacial score (nSPS) is 15.4. The molecule has 0 radical (unpaired) electrons. The monoisotopic (exact) mass is 567 g/mol. The van der Waals surface area contributed by atoms with Crippen molar-refractivity contribution in [1.82, 2.24) is 20.5 Å². The van der Waals surface area contributed by atoms with Crippen molar-refractivity contribution in [1.29, 1.82) is 0 Å². The number of ether oxygens (including phenoxy) is 2. The van der Waals surface area contributed by atoms with Gasteiger partial charge in [0.15, 0.2) is 5.96 Å². The number of likely N-dealkylation sites (tertiary alicyclic amines) is 1. The molecule has 0 bridgehead atoms. The van der Waals surface area contributed by atoms with E-state index in [-0.39, 0.29) is 36.2 Å². The van der Waals surface area contributed by atoms with Gasteiger partial charge in [-0.15, -0.1) is 35.3 Å². The predicted molar refractivity (Wildman–Crippen MR) is 137 cm³/mol. The zero-order chi connectivity index (χ0) is 22.1. The highest BCUT2D eigenvalue weighted by Gasteiger charge is 2.22. The van der Waals surface area contributed by atoms with Gasteiger partial charge in [-0.05, 0) is 53.9 Å². The van der Waals surface area contributed by atoms with Crippen molar-refractivity contribution in [3.8, 4) is 0 Å². The second kappa shape index (κ2) is 13.4. The van der Waals surface area contributed by atoms with E-state index in [1.807, 2.05) is 34.7 Å². The van der Waals surface area contributed by atoms with Gasteiger partial charge in [-0.25, -0.2) is 9.78 Å². The number of hydrogen-bond donors (Lipinski definition) is 2. The summed E-state index contributed by atoms with van der Waals surface area (Å²) in [5.74, 6) is 0.931. The molecule has 10 heteroatoms. The molecule has 1 aromatic heterocycles. The summed E-state index contributed by atoms with van der Waals surface area (Å²) in [4.78, 5) is 24.1. The zero-order valence-electron chi connectivity index (χ0n) is 19.6. The molecule has 178 valence electrons. The van der Waals surface area contributed by atoms with E-state index in [0.29, 0.717) is 13.2 Å². The number of nitrogens with one attached hydrogen (secondary N) is 2. The minimum Gasteiger partial charge on any atom is -0.444 e. The molecule has 31 heavy (non-hydrogen) atoms. The molecule has 0 atom stereocenters. The fourth-order valence-corrected chi connectivity index (χ4v) is 4.17. The number of amides is 1. The SMILES string of the molecule is CN=C(NCc1sc(C)nc1C)N1CCC(OCCCNC(=O)OC(C)(C)C)CC1.I. The quantitative estimate of drug-likeness (QED) is 0.225. The van der Waals surface area contributed by atoms with Crippen LogP contribution in [0.1, 0.15) is 55.6 Å². The average Bonchev–Trinajstić information content (AvgIpc) is 2.99. The van der Waals surface area contributed by atoms with Crippen LogP contribution in [0.25, 0.3) is 0 Å². The van der Waals surface area contributed by atoms with Gasteiger partial charge in [0.05, 0.1) is 23.4 Å². The van der Waals surface area contributed by atoms with Crippen LogP contribution in [-0.4, -0.2) is 66.9 Å². The van der Waals surface area contributed by atoms with Gasteiger partial charge in [-0.3, -0.25) is 4.99 Å². The van der Waals surface area contributed by atoms with E-state index >= 15 is 0 Å². The van der Waals surface area contributed by atoms with Crippen molar-refractivity contribution in [2.45, 2.75) is 72.1 Å². The van der Waals surface area contributed by atoms with Crippen LogP contribution in [0.5, 0.6) is 0 Å². The molecule has 1 saturated heterocycles. The van der Waals surface area contributed by atoms with E-state index in [4.69, 9.17) is 9.47 Å². The number of thiazole rings is 1. The van der Waals surface area contributed by atoms with Crippen molar-refractivity contribution < 1.29 is 14.3 Å². The highest BCUT2D eigenvalue weighted by molar-refractivity contribution is 14.0. The standard InChI is InChI=1S/C21H37N5O3S.HI/c1-15-18(30-16(2)25-15)14-24-19(22-6)26-11-8-17(9-12-26)28-13-7-10-23-20(27)29-21(3,4)5;/h17H,7-14H2,1-6H3,(H,22,24)(H,23,27);1H. The Bertz CT molecular complexity index is 712. The number of hydrogen-bond acceptors (Lipinski definition) is 6. The number of aliphatic imine (C=N–C) groups is 1. The molecule has 1 aliphatic rings. The van der Waals surface area contributed by atoms with Crippen LogP contribution in [0.3, 0.4) is 0 Å². The van der Waals surface area contributed by atoms with Gasteiger partial charge in [0.25, 0.3) is 0 Å². The molecule has 8 nitrogen and oxygen atoms in total. The second-order valence-corrected chi connectivity index (χ2v) is 9.77. The number of carbonyl (C=O) groups excluding carboxylic acids is 1. The maximum absolute atomic E-state index is 11.6. The fraction of sp³-hybridized carbons (Fsp3) is 0.762. The number of aromatic nitrogens is 1. The Balaban J connectivity index is 0.00000480. The van der Waals surface area contributed by atoms with E-state index in [0.717, 1.165) is 55.6 Å². The largest absolute Gasteiger partial charge is 0.444 e. The van der Waals surface area contributed by atoms with Crippen molar-refractivity contribution in [3.63, 3.8) is 0 Å². The maximum Gasteiger partial charge on any atom is 0.407 e. The number of halogens is 1. The Kier molecular flexibility index (Phi) is 12.1. The van der Waals surface area contributed by atoms with Gasteiger partial charge in [0.1, 0.15) is 5.60 Å². The van der Waals surface area contributed by atoms with Crippen molar-refractivity contribution in [2.75, 3.05) is 33.3 Å². The summed E-state index contributed by atoms with van der Waals surface area (Å²) in [5, 5.41) is 7.32. The van der Waals surface area contributed by atoms with Gasteiger partial charge >= 0.3 is 6.09 Å². The first-order valence-corrected chi connectivity index (χ1v) is 11.5. The first kappa shape index (κ1) is 27.9. The lowest BCUT2D eigenvalue weighted by atomic mass is 10.1. The first-order chi connectivity index (χ1) is 14.2. The molecule has 0 aromatic carbocycles. The zero-order valence-corrected chi connectivity index (χ0v) is 22.8. The summed E-state index contributed by atoms with van der Waals surface area (Å²) >= 11 is 1.73. The van der Waals surface area contributed by atoms with E-state index < -0.39 is 5.60 Å². The molecule has 2 N–H and O–H groups in total. The molecule has 1 aromatic rings. The third kappa shape index (κ3) is 10.3. The minimum absolute atomic E-state index is 0. The fourth-order valence-electron chi connectivity index (χ4n) is 3.29. The van der Waals surface area contributed by atoms with Crippen LogP contribution in [0.2, 0.25) is 0 Å². The van der Waals surface area contributed by atoms with E-state index in [2.05, 4.69) is 32.4 Å². The number of nitrogens with zero attached hydrogens (tertiary/aromatic N) is 3. The summed E-state index contributed by atoms with van der Waals surface area (Å²) < 4.78 is 11.2. The van der Waals surface area contributed by atoms with Gasteiger partial charge in [0, 0.05) is 38.2 Å². The Hall–Kier alpha value is -1.14. The molecule has 1 amide bonds. The molecule has 0 unspecified atom stereocenters. The molecule has 0 aliphatic carbocycles. The molecule has 0 saturated carbocycles. The third-order valence-corrected chi connectivity index (χ3v) is 5.78. The lowest BCUT2D eigenvalue weighted by Crippen LogP contribution is -2.46. The molecular formula is C21H38IN5O3S. The molecule has 2 heterocycles. The van der Waals surface area contributed by atoms with Crippen LogP contribution < -0.4 is 10.6 Å². The van der Waals surface area contributed by atoms with Gasteiger partial charge < -0.3 is 25.0 Å². The topological polar surface area (TPSA) is 88.1 Å². The highest BCUT2D eigenvalue weighted by Crippen LogP contribution is 2.18. The molecule has 2 rings (SSSR count). The van der Waals surface area contributed by atoms with E-state index in [1.54, 1.807) is 11.3 Å². The number of piperidine rings is 1. The second-order valence-electron chi connectivity index (χ2n) is 8.48. The predicted octanol–water partition coefficient (Wildman–Crippen LogP) is 3.85. The molecule has 1 fully saturated rings. The van der Waals surface area contributed by atoms with E-state index in [9.17, 15) is 4.79 Å². The summed E-state index contributed by atoms with van der Waals surface area (Å²) in [6.45, 7) is 13.4. The van der Waals surface area contributed by atoms with Crippen LogP contribution in [0, 0.1) is 13.8 Å². The van der Waals surface area contributed by atoms with E-state index in [1.165, 1.54) is 4.88 Å². The number of alkyl carbamates (subject to hydrolysis) is 1. The van der Waals surface area contributed by atoms with Crippen molar-refractivity contribution in [3.05, 3.63) is 15.6 Å². The van der Waals surface area contributed by atoms with Crippen LogP contribution in [-0.2, 0) is 16.0 Å². The molecule has 0 spiro atoms. The summed E-state index contributed by atoms with van der Waals surface area (Å²) in [5.41, 5.74) is 0.622. The lowest BCUT2D eigenvalue weighted by molar-refractivity contribution is 0.0170.